The van der Waals surface area contributed by atoms with Gasteiger partial charge < -0.3 is 20.6 Å². The SMILES string of the molecule is COc1ccn2c(=O)n(-c3cccc(-c4ccc(C(N)=O)c5[nH]c6cc(C(C)(C)O)ccc6c45)c3C)c(=O)cc2c1. The molecule has 3 heterocycles. The summed E-state index contributed by atoms with van der Waals surface area (Å²) < 4.78 is 7.79. The lowest BCUT2D eigenvalue weighted by molar-refractivity contribution is 0.0787. The number of rotatable bonds is 5. The molecule has 9 nitrogen and oxygen atoms in total. The van der Waals surface area contributed by atoms with E-state index >= 15 is 0 Å². The normalized spacial score (nSPS) is 11.9. The van der Waals surface area contributed by atoms with Crippen LogP contribution in [-0.4, -0.2) is 32.1 Å². The number of aromatic nitrogens is 3. The number of pyridine rings is 1. The number of primary amides is 1. The fourth-order valence-electron chi connectivity index (χ4n) is 5.51. The number of amides is 1. The van der Waals surface area contributed by atoms with E-state index in [0.717, 1.165) is 32.0 Å². The van der Waals surface area contributed by atoms with Crippen LogP contribution in [-0.2, 0) is 5.60 Å². The Labute approximate surface area is 234 Å². The van der Waals surface area contributed by atoms with E-state index < -0.39 is 22.8 Å². The fourth-order valence-corrected chi connectivity index (χ4v) is 5.51. The number of H-pyrrole nitrogens is 1. The predicted octanol–water partition coefficient (Wildman–Crippen LogP) is 4.40. The molecule has 0 bridgehead atoms. The predicted molar refractivity (Wildman–Crippen MR) is 159 cm³/mol. The Morgan fingerprint density at radius 3 is 2.49 bits per heavy atom. The fraction of sp³-hybridized carbons (Fsp3) is 0.156. The van der Waals surface area contributed by atoms with Crippen LogP contribution >= 0.6 is 0 Å². The third-order valence-electron chi connectivity index (χ3n) is 7.64. The lowest BCUT2D eigenvalue weighted by atomic mass is 9.92. The van der Waals surface area contributed by atoms with Gasteiger partial charge in [-0.1, -0.05) is 30.3 Å². The van der Waals surface area contributed by atoms with E-state index in [2.05, 4.69) is 4.98 Å². The number of carbonyl (C=O) groups excluding carboxylic acids is 1. The van der Waals surface area contributed by atoms with E-state index in [1.165, 1.54) is 17.6 Å². The van der Waals surface area contributed by atoms with E-state index in [9.17, 15) is 19.5 Å². The van der Waals surface area contributed by atoms with E-state index in [0.29, 0.717) is 39.2 Å². The molecule has 206 valence electrons. The van der Waals surface area contributed by atoms with Crippen molar-refractivity contribution in [3.05, 3.63) is 110 Å². The summed E-state index contributed by atoms with van der Waals surface area (Å²) in [5.74, 6) is -0.0368. The average molecular weight is 549 g/mol. The second-order valence-electron chi connectivity index (χ2n) is 10.6. The maximum Gasteiger partial charge on any atom is 0.340 e. The minimum atomic E-state index is -1.06. The first-order valence-electron chi connectivity index (χ1n) is 13.0. The number of nitrogens with zero attached hydrogens (tertiary/aromatic N) is 2. The molecule has 41 heavy (non-hydrogen) atoms. The number of fused-ring (bicyclic) bond motifs is 4. The van der Waals surface area contributed by atoms with Crippen LogP contribution in [0.1, 0.15) is 35.3 Å². The van der Waals surface area contributed by atoms with Crippen molar-refractivity contribution in [2.24, 2.45) is 5.73 Å². The molecule has 0 atom stereocenters. The molecule has 0 fully saturated rings. The molecule has 1 amide bonds. The highest BCUT2D eigenvalue weighted by Gasteiger charge is 2.22. The van der Waals surface area contributed by atoms with Crippen LogP contribution in [0.25, 0.3) is 44.1 Å². The van der Waals surface area contributed by atoms with Crippen LogP contribution in [0.4, 0.5) is 0 Å². The Morgan fingerprint density at radius 1 is 1.00 bits per heavy atom. The number of nitrogens with two attached hydrogens (primary N) is 1. The minimum absolute atomic E-state index is 0.331. The molecule has 0 aliphatic carbocycles. The van der Waals surface area contributed by atoms with Crippen LogP contribution in [0.2, 0.25) is 0 Å². The maximum absolute atomic E-state index is 13.5. The summed E-state index contributed by atoms with van der Waals surface area (Å²) in [5.41, 5.74) is 9.21. The number of aromatic amines is 1. The molecule has 0 aliphatic rings. The Bertz CT molecular complexity index is 2160. The van der Waals surface area contributed by atoms with Gasteiger partial charge in [0.2, 0.25) is 0 Å². The first-order chi connectivity index (χ1) is 19.5. The molecule has 0 unspecified atom stereocenters. The zero-order valence-corrected chi connectivity index (χ0v) is 23.0. The Kier molecular flexibility index (Phi) is 5.86. The molecule has 6 aromatic rings. The smallest absolute Gasteiger partial charge is 0.340 e. The third-order valence-corrected chi connectivity index (χ3v) is 7.64. The molecule has 3 aromatic heterocycles. The molecular weight excluding hydrogens is 520 g/mol. The number of ether oxygens (including phenoxy) is 1. The quantitative estimate of drug-likeness (QED) is 0.294. The summed E-state index contributed by atoms with van der Waals surface area (Å²) in [6, 6.07) is 19.2. The van der Waals surface area contributed by atoms with Gasteiger partial charge in [-0.25, -0.2) is 9.36 Å². The van der Waals surface area contributed by atoms with Gasteiger partial charge >= 0.3 is 5.69 Å². The summed E-state index contributed by atoms with van der Waals surface area (Å²) in [6.07, 6.45) is 1.57. The topological polar surface area (TPSA) is 132 Å². The van der Waals surface area contributed by atoms with Gasteiger partial charge in [0.25, 0.3) is 11.5 Å². The Hall–Kier alpha value is -5.15. The second kappa shape index (κ2) is 9.21. The Balaban J connectivity index is 1.63. The Morgan fingerprint density at radius 2 is 1.78 bits per heavy atom. The summed E-state index contributed by atoms with van der Waals surface area (Å²) in [6.45, 7) is 5.27. The summed E-state index contributed by atoms with van der Waals surface area (Å²) in [7, 11) is 1.52. The van der Waals surface area contributed by atoms with Crippen LogP contribution in [0.3, 0.4) is 0 Å². The number of aliphatic hydroxyl groups is 1. The van der Waals surface area contributed by atoms with Crippen molar-refractivity contribution in [2.75, 3.05) is 7.11 Å². The van der Waals surface area contributed by atoms with Gasteiger partial charge in [0, 0.05) is 34.6 Å². The molecular formula is C32H28N4O5. The van der Waals surface area contributed by atoms with Gasteiger partial charge in [-0.3, -0.25) is 14.0 Å². The van der Waals surface area contributed by atoms with Crippen molar-refractivity contribution in [2.45, 2.75) is 26.4 Å². The molecule has 9 heteroatoms. The molecule has 0 radical (unpaired) electrons. The molecule has 4 N–H and O–H groups in total. The number of hydrogen-bond acceptors (Lipinski definition) is 5. The zero-order valence-electron chi connectivity index (χ0n) is 23.0. The van der Waals surface area contributed by atoms with Crippen molar-refractivity contribution >= 4 is 33.2 Å². The van der Waals surface area contributed by atoms with Crippen molar-refractivity contribution < 1.29 is 14.6 Å². The molecule has 0 aliphatic heterocycles. The minimum Gasteiger partial charge on any atom is -0.497 e. The van der Waals surface area contributed by atoms with Crippen molar-refractivity contribution in [3.8, 4) is 22.6 Å². The van der Waals surface area contributed by atoms with Gasteiger partial charge in [-0.05, 0) is 67.3 Å². The number of methoxy groups -OCH3 is 1. The zero-order chi connectivity index (χ0) is 29.2. The molecule has 0 saturated carbocycles. The molecule has 6 rings (SSSR count). The second-order valence-corrected chi connectivity index (χ2v) is 10.6. The van der Waals surface area contributed by atoms with Crippen LogP contribution in [0.15, 0.2) is 82.5 Å². The van der Waals surface area contributed by atoms with E-state index in [1.54, 1.807) is 50.4 Å². The monoisotopic (exact) mass is 548 g/mol. The van der Waals surface area contributed by atoms with Gasteiger partial charge in [0.15, 0.2) is 0 Å². The van der Waals surface area contributed by atoms with Crippen LogP contribution < -0.4 is 21.7 Å². The van der Waals surface area contributed by atoms with Crippen molar-refractivity contribution in [1.82, 2.24) is 14.0 Å². The number of nitrogens with one attached hydrogen (secondary N) is 1. The van der Waals surface area contributed by atoms with Gasteiger partial charge in [-0.2, -0.15) is 0 Å². The number of hydrogen-bond donors (Lipinski definition) is 3. The summed E-state index contributed by atoms with van der Waals surface area (Å²) >= 11 is 0. The highest BCUT2D eigenvalue weighted by Crippen LogP contribution is 2.39. The summed E-state index contributed by atoms with van der Waals surface area (Å²) in [5, 5.41) is 12.2. The van der Waals surface area contributed by atoms with Crippen LogP contribution in [0, 0.1) is 6.92 Å². The first-order valence-corrected chi connectivity index (χ1v) is 13.0. The van der Waals surface area contributed by atoms with Gasteiger partial charge in [-0.15, -0.1) is 0 Å². The third kappa shape index (κ3) is 4.09. The molecule has 0 spiro atoms. The number of benzene rings is 3. The van der Waals surface area contributed by atoms with Gasteiger partial charge in [0.1, 0.15) is 5.75 Å². The van der Waals surface area contributed by atoms with E-state index in [1.807, 2.05) is 37.3 Å². The highest BCUT2D eigenvalue weighted by atomic mass is 16.5. The van der Waals surface area contributed by atoms with Gasteiger partial charge in [0.05, 0.1) is 35.0 Å². The van der Waals surface area contributed by atoms with Crippen molar-refractivity contribution in [1.29, 1.82) is 0 Å². The number of carbonyl (C=O) groups is 1. The average Bonchev–Trinajstić information content (AvgIpc) is 3.31. The molecule has 3 aromatic carbocycles. The van der Waals surface area contributed by atoms with Crippen molar-refractivity contribution in [3.63, 3.8) is 0 Å². The van der Waals surface area contributed by atoms with Crippen LogP contribution in [0.5, 0.6) is 5.75 Å². The maximum atomic E-state index is 13.5. The standard InChI is InChI=1S/C32H28N4O5/c1-17-21(6-5-7-26(17)36-27(37)16-19-15-20(41-4)12-13-35(19)31(36)39)22-10-11-24(30(33)38)29-28(22)23-9-8-18(32(2,3)40)14-25(23)34-29/h5-16,34,40H,1-4H3,(H2,33,38). The highest BCUT2D eigenvalue weighted by molar-refractivity contribution is 6.20. The summed E-state index contributed by atoms with van der Waals surface area (Å²) in [4.78, 5) is 42.5. The van der Waals surface area contributed by atoms with E-state index in [4.69, 9.17) is 10.5 Å². The largest absolute Gasteiger partial charge is 0.497 e. The molecule has 0 saturated heterocycles. The first kappa shape index (κ1) is 26.1. The lowest BCUT2D eigenvalue weighted by Crippen LogP contribution is -2.36. The lowest BCUT2D eigenvalue weighted by Gasteiger charge is -2.17. The van der Waals surface area contributed by atoms with E-state index in [-0.39, 0.29) is 0 Å².